The highest BCUT2D eigenvalue weighted by Gasteiger charge is 2.37. The maximum atomic E-state index is 13.0. The van der Waals surface area contributed by atoms with E-state index in [9.17, 15) is 28.6 Å². The summed E-state index contributed by atoms with van der Waals surface area (Å²) in [5, 5.41) is 20.8. The maximum Gasteiger partial charge on any atom is 0.387 e. The SMILES string of the molecule is O=C1C[C@@H](c2cccc(OC(F)F)c2)c2c(c(O)c(O)c3c(=O)cc(-c4ccccc4)oc23)O1. The molecule has 0 aliphatic carbocycles. The number of carbonyl (C=O) groups is 1. The molecule has 0 bridgehead atoms. The molecule has 3 aromatic carbocycles. The zero-order valence-electron chi connectivity index (χ0n) is 17.3. The van der Waals surface area contributed by atoms with Gasteiger partial charge in [-0.25, -0.2) is 0 Å². The van der Waals surface area contributed by atoms with Crippen molar-refractivity contribution in [3.05, 3.63) is 82.0 Å². The topological polar surface area (TPSA) is 106 Å². The molecule has 2 N–H and O–H groups in total. The van der Waals surface area contributed by atoms with Crippen molar-refractivity contribution in [1.29, 1.82) is 0 Å². The van der Waals surface area contributed by atoms with Crippen LogP contribution in [-0.2, 0) is 4.79 Å². The Bertz CT molecular complexity index is 1480. The largest absolute Gasteiger partial charge is 0.504 e. The Balaban J connectivity index is 1.81. The van der Waals surface area contributed by atoms with E-state index in [4.69, 9.17) is 9.15 Å². The van der Waals surface area contributed by atoms with Crippen molar-refractivity contribution < 1.29 is 37.7 Å². The van der Waals surface area contributed by atoms with Crippen LogP contribution < -0.4 is 14.9 Å². The van der Waals surface area contributed by atoms with Crippen molar-refractivity contribution in [2.24, 2.45) is 0 Å². The van der Waals surface area contributed by atoms with Gasteiger partial charge < -0.3 is 24.1 Å². The fraction of sp³-hybridized carbons (Fsp3) is 0.120. The summed E-state index contributed by atoms with van der Waals surface area (Å²) in [6.07, 6.45) is -0.232. The van der Waals surface area contributed by atoms with Gasteiger partial charge in [0.2, 0.25) is 5.75 Å². The number of alkyl halides is 2. The molecular weight excluding hydrogens is 450 g/mol. The average Bonchev–Trinajstić information content (AvgIpc) is 2.82. The molecule has 0 unspecified atom stereocenters. The molecule has 0 fully saturated rings. The molecule has 0 spiro atoms. The van der Waals surface area contributed by atoms with Crippen molar-refractivity contribution >= 4 is 16.9 Å². The molecule has 7 nitrogen and oxygen atoms in total. The number of rotatable bonds is 4. The van der Waals surface area contributed by atoms with Crippen molar-refractivity contribution in [2.45, 2.75) is 19.0 Å². The predicted molar refractivity (Wildman–Crippen MR) is 116 cm³/mol. The van der Waals surface area contributed by atoms with Gasteiger partial charge in [-0.15, -0.1) is 0 Å². The molecule has 2 heterocycles. The van der Waals surface area contributed by atoms with Gasteiger partial charge in [-0.2, -0.15) is 8.78 Å². The first-order valence-corrected chi connectivity index (χ1v) is 10.2. The van der Waals surface area contributed by atoms with Crippen LogP contribution in [0.4, 0.5) is 8.78 Å². The lowest BCUT2D eigenvalue weighted by molar-refractivity contribution is -0.135. The number of hydrogen-bond donors (Lipinski definition) is 2. The van der Waals surface area contributed by atoms with Gasteiger partial charge in [-0.1, -0.05) is 42.5 Å². The van der Waals surface area contributed by atoms with Crippen LogP contribution in [0, 0.1) is 0 Å². The first-order valence-electron chi connectivity index (χ1n) is 10.2. The maximum absolute atomic E-state index is 13.0. The van der Waals surface area contributed by atoms with E-state index in [1.54, 1.807) is 36.4 Å². The van der Waals surface area contributed by atoms with Gasteiger partial charge >= 0.3 is 12.6 Å². The van der Waals surface area contributed by atoms with Crippen molar-refractivity contribution in [2.75, 3.05) is 0 Å². The summed E-state index contributed by atoms with van der Waals surface area (Å²) in [7, 11) is 0. The second-order valence-electron chi connectivity index (χ2n) is 7.67. The highest BCUT2D eigenvalue weighted by Crippen LogP contribution is 2.52. The highest BCUT2D eigenvalue weighted by atomic mass is 19.3. The molecule has 1 aliphatic heterocycles. The van der Waals surface area contributed by atoms with Crippen LogP contribution in [0.2, 0.25) is 0 Å². The van der Waals surface area contributed by atoms with Gasteiger partial charge in [0.1, 0.15) is 22.5 Å². The minimum Gasteiger partial charge on any atom is -0.504 e. The lowest BCUT2D eigenvalue weighted by Crippen LogP contribution is -2.22. The summed E-state index contributed by atoms with van der Waals surface area (Å²) >= 11 is 0. The lowest BCUT2D eigenvalue weighted by atomic mass is 9.84. The number of benzene rings is 3. The van der Waals surface area contributed by atoms with Crippen LogP contribution in [-0.4, -0.2) is 22.8 Å². The molecule has 0 saturated carbocycles. The van der Waals surface area contributed by atoms with Crippen molar-refractivity contribution in [1.82, 2.24) is 0 Å². The summed E-state index contributed by atoms with van der Waals surface area (Å²) in [5.41, 5.74) is 0.388. The second kappa shape index (κ2) is 8.18. The Hall–Kier alpha value is -4.40. The van der Waals surface area contributed by atoms with Crippen LogP contribution >= 0.6 is 0 Å². The van der Waals surface area contributed by atoms with Gasteiger partial charge in [-0.3, -0.25) is 9.59 Å². The molecule has 0 saturated heterocycles. The van der Waals surface area contributed by atoms with E-state index in [-0.39, 0.29) is 40.2 Å². The standard InChI is InChI=1S/C25H16F2O7/c26-25(27)32-14-8-4-7-13(9-14)15-10-18(29)34-24-19(15)23-20(21(30)22(24)31)16(28)11-17(33-23)12-5-2-1-3-6-12/h1-9,11,15,25,30-31H,10H2/t15-/m0/s1. The van der Waals surface area contributed by atoms with Gasteiger partial charge in [0.15, 0.2) is 16.9 Å². The molecule has 5 rings (SSSR count). The third-order valence-corrected chi connectivity index (χ3v) is 5.59. The van der Waals surface area contributed by atoms with E-state index in [0.717, 1.165) is 0 Å². The van der Waals surface area contributed by atoms with Crippen LogP contribution in [0.15, 0.2) is 69.9 Å². The van der Waals surface area contributed by atoms with Gasteiger partial charge in [0.05, 0.1) is 12.0 Å². The summed E-state index contributed by atoms with van der Waals surface area (Å²) in [4.78, 5) is 25.3. The average molecular weight is 466 g/mol. The third kappa shape index (κ3) is 3.61. The molecule has 1 atom stereocenters. The normalized spacial score (nSPS) is 15.3. The van der Waals surface area contributed by atoms with E-state index in [0.29, 0.717) is 11.1 Å². The first kappa shape index (κ1) is 21.4. The number of ether oxygens (including phenoxy) is 2. The molecule has 1 aromatic heterocycles. The highest BCUT2D eigenvalue weighted by molar-refractivity contribution is 5.96. The number of carbonyl (C=O) groups excluding carboxylic acids is 1. The second-order valence-corrected chi connectivity index (χ2v) is 7.67. The van der Waals surface area contributed by atoms with Crippen LogP contribution in [0.1, 0.15) is 23.5 Å². The van der Waals surface area contributed by atoms with E-state index < -0.39 is 35.4 Å². The zero-order valence-corrected chi connectivity index (χ0v) is 17.3. The summed E-state index contributed by atoms with van der Waals surface area (Å²) in [6, 6.07) is 15.6. The van der Waals surface area contributed by atoms with E-state index >= 15 is 0 Å². The monoisotopic (exact) mass is 466 g/mol. The Morgan fingerprint density at radius 2 is 1.74 bits per heavy atom. The molecule has 1 aliphatic rings. The zero-order chi connectivity index (χ0) is 24.0. The number of phenolic OH excluding ortho intramolecular Hbond substituents is 2. The van der Waals surface area contributed by atoms with Crippen LogP contribution in [0.3, 0.4) is 0 Å². The summed E-state index contributed by atoms with van der Waals surface area (Å²) in [6.45, 7) is -3.05. The molecule has 0 radical (unpaired) electrons. The molecular formula is C25H16F2O7. The fourth-order valence-electron chi connectivity index (χ4n) is 4.14. The first-order chi connectivity index (χ1) is 16.3. The number of halogens is 2. The molecule has 0 amide bonds. The molecule has 172 valence electrons. The molecule has 9 heteroatoms. The van der Waals surface area contributed by atoms with Gasteiger partial charge in [-0.05, 0) is 17.7 Å². The Labute approximate surface area is 190 Å². The van der Waals surface area contributed by atoms with Crippen LogP contribution in [0.25, 0.3) is 22.3 Å². The lowest BCUT2D eigenvalue weighted by Gasteiger charge is -2.27. The number of fused-ring (bicyclic) bond motifs is 3. The van der Waals surface area contributed by atoms with Gasteiger partial charge in [0, 0.05) is 17.5 Å². The number of aromatic hydroxyl groups is 2. The Kier molecular flexibility index (Phi) is 5.16. The molecule has 34 heavy (non-hydrogen) atoms. The number of phenols is 2. The minimum absolute atomic E-state index is 0.0886. The summed E-state index contributed by atoms with van der Waals surface area (Å²) < 4.78 is 41.2. The Morgan fingerprint density at radius 1 is 0.971 bits per heavy atom. The Morgan fingerprint density at radius 3 is 2.47 bits per heavy atom. The van der Waals surface area contributed by atoms with Crippen molar-refractivity contribution in [3.8, 4) is 34.3 Å². The van der Waals surface area contributed by atoms with E-state index in [1.807, 2.05) is 0 Å². The van der Waals surface area contributed by atoms with Crippen LogP contribution in [0.5, 0.6) is 23.0 Å². The number of esters is 1. The smallest absolute Gasteiger partial charge is 0.387 e. The van der Waals surface area contributed by atoms with Crippen molar-refractivity contribution in [3.63, 3.8) is 0 Å². The van der Waals surface area contributed by atoms with E-state index in [1.165, 1.54) is 24.3 Å². The minimum atomic E-state index is -3.05. The third-order valence-electron chi connectivity index (χ3n) is 5.59. The summed E-state index contributed by atoms with van der Waals surface area (Å²) in [5.74, 6) is -3.46. The predicted octanol–water partition coefficient (Wildman–Crippen LogP) is 4.91. The van der Waals surface area contributed by atoms with E-state index in [2.05, 4.69) is 4.74 Å². The number of hydrogen-bond acceptors (Lipinski definition) is 7. The molecule has 4 aromatic rings. The quantitative estimate of drug-likeness (QED) is 0.250. The fourth-order valence-corrected chi connectivity index (χ4v) is 4.14. The van der Waals surface area contributed by atoms with Gasteiger partial charge in [0.25, 0.3) is 0 Å².